The van der Waals surface area contributed by atoms with E-state index in [0.29, 0.717) is 13.2 Å². The van der Waals surface area contributed by atoms with E-state index in [4.69, 9.17) is 9.16 Å². The maximum Gasteiger partial charge on any atom is 0.269 e. The molecule has 2 atom stereocenters. The molecule has 2 rings (SSSR count). The molecule has 0 unspecified atom stereocenters. The van der Waals surface area contributed by atoms with Crippen molar-refractivity contribution < 1.29 is 14.1 Å². The highest BCUT2D eigenvalue weighted by Gasteiger charge is 2.38. The SMILES string of the molecule is C[C@H](c1ccccc1)[C@@H](CO[Si](C)(C)C(C)(C)C)OCc1ccc([N+](=O)[O-])cc1. The molecule has 0 spiro atoms. The van der Waals surface area contributed by atoms with Crippen molar-refractivity contribution in [3.05, 3.63) is 75.8 Å². The Bertz CT molecular complexity index is 785. The fraction of sp³-hybridized carbons (Fsp3) is 0.478. The summed E-state index contributed by atoms with van der Waals surface area (Å²) in [6, 6.07) is 16.8. The van der Waals surface area contributed by atoms with E-state index in [1.54, 1.807) is 12.1 Å². The van der Waals surface area contributed by atoms with Gasteiger partial charge in [-0.2, -0.15) is 0 Å². The first-order valence-electron chi connectivity index (χ1n) is 10.0. The minimum absolute atomic E-state index is 0.0872. The molecule has 158 valence electrons. The second-order valence-electron chi connectivity index (χ2n) is 9.04. The zero-order chi connectivity index (χ0) is 21.7. The molecule has 0 heterocycles. The van der Waals surface area contributed by atoms with Crippen molar-refractivity contribution in [3.8, 4) is 0 Å². The molecule has 0 saturated heterocycles. The van der Waals surface area contributed by atoms with Crippen LogP contribution in [-0.2, 0) is 15.8 Å². The minimum atomic E-state index is -1.90. The first-order valence-corrected chi connectivity index (χ1v) is 13.0. The molecule has 0 fully saturated rings. The second-order valence-corrected chi connectivity index (χ2v) is 13.9. The van der Waals surface area contributed by atoms with Gasteiger partial charge in [0.2, 0.25) is 0 Å². The van der Waals surface area contributed by atoms with Crippen molar-refractivity contribution in [2.24, 2.45) is 0 Å². The van der Waals surface area contributed by atoms with Crippen molar-refractivity contribution >= 4 is 14.0 Å². The first-order chi connectivity index (χ1) is 13.5. The van der Waals surface area contributed by atoms with Gasteiger partial charge in [-0.25, -0.2) is 0 Å². The van der Waals surface area contributed by atoms with Crippen LogP contribution in [0.25, 0.3) is 0 Å². The van der Waals surface area contributed by atoms with Crippen LogP contribution in [-0.4, -0.2) is 26.0 Å². The Labute approximate surface area is 175 Å². The van der Waals surface area contributed by atoms with Crippen molar-refractivity contribution in [2.75, 3.05) is 6.61 Å². The number of benzene rings is 2. The standard InChI is InChI=1S/C23H33NO4Si/c1-18(20-10-8-7-9-11-20)22(17-28-29(5,6)23(2,3)4)27-16-19-12-14-21(15-13-19)24(25)26/h7-15,18,22H,16-17H2,1-6H3/t18-,22-/m1/s1. The quantitative estimate of drug-likeness (QED) is 0.274. The summed E-state index contributed by atoms with van der Waals surface area (Å²) >= 11 is 0. The van der Waals surface area contributed by atoms with E-state index in [1.165, 1.54) is 17.7 Å². The lowest BCUT2D eigenvalue weighted by Crippen LogP contribution is -2.43. The predicted octanol–water partition coefficient (Wildman–Crippen LogP) is 6.31. The molecule has 0 aliphatic rings. The Morgan fingerprint density at radius 1 is 1.03 bits per heavy atom. The number of hydrogen-bond donors (Lipinski definition) is 0. The summed E-state index contributed by atoms with van der Waals surface area (Å²) < 4.78 is 12.7. The van der Waals surface area contributed by atoms with Gasteiger partial charge in [0.1, 0.15) is 0 Å². The maximum atomic E-state index is 10.8. The average Bonchev–Trinajstić information content (AvgIpc) is 2.67. The van der Waals surface area contributed by atoms with E-state index < -0.39 is 13.2 Å². The molecular formula is C23H33NO4Si. The van der Waals surface area contributed by atoms with E-state index in [2.05, 4.69) is 52.9 Å². The second kappa shape index (κ2) is 9.65. The molecule has 0 aromatic heterocycles. The van der Waals surface area contributed by atoms with E-state index in [-0.39, 0.29) is 22.7 Å². The van der Waals surface area contributed by atoms with E-state index in [9.17, 15) is 10.1 Å². The normalized spacial score (nSPS) is 14.4. The van der Waals surface area contributed by atoms with Crippen LogP contribution in [0.4, 0.5) is 5.69 Å². The third-order valence-corrected chi connectivity index (χ3v) is 10.4. The summed E-state index contributed by atoms with van der Waals surface area (Å²) in [7, 11) is -1.90. The van der Waals surface area contributed by atoms with E-state index >= 15 is 0 Å². The van der Waals surface area contributed by atoms with Gasteiger partial charge in [-0.15, -0.1) is 0 Å². The van der Waals surface area contributed by atoms with Crippen molar-refractivity contribution in [1.29, 1.82) is 0 Å². The van der Waals surface area contributed by atoms with Crippen molar-refractivity contribution in [3.63, 3.8) is 0 Å². The highest BCUT2D eigenvalue weighted by Crippen LogP contribution is 2.37. The third-order valence-electron chi connectivity index (χ3n) is 5.91. The van der Waals surface area contributed by atoms with Crippen LogP contribution in [0.3, 0.4) is 0 Å². The summed E-state index contributed by atoms with van der Waals surface area (Å²) in [6.45, 7) is 14.2. The Balaban J connectivity index is 2.12. The van der Waals surface area contributed by atoms with Gasteiger partial charge in [-0.05, 0) is 41.4 Å². The molecule has 0 amide bonds. The number of nitro benzene ring substituents is 1. The molecule has 0 bridgehead atoms. The van der Waals surface area contributed by atoms with Crippen LogP contribution in [0.5, 0.6) is 0 Å². The lowest BCUT2D eigenvalue weighted by Gasteiger charge is -2.38. The zero-order valence-electron chi connectivity index (χ0n) is 18.3. The lowest BCUT2D eigenvalue weighted by atomic mass is 9.96. The number of nitro groups is 1. The number of nitrogens with zero attached hydrogens (tertiary/aromatic N) is 1. The van der Waals surface area contributed by atoms with Gasteiger partial charge in [0.25, 0.3) is 5.69 Å². The Morgan fingerprint density at radius 2 is 1.62 bits per heavy atom. The monoisotopic (exact) mass is 415 g/mol. The number of non-ortho nitro benzene ring substituents is 1. The van der Waals surface area contributed by atoms with Crippen LogP contribution in [0.2, 0.25) is 18.1 Å². The largest absolute Gasteiger partial charge is 0.414 e. The van der Waals surface area contributed by atoms with Gasteiger partial charge < -0.3 is 9.16 Å². The summed E-state index contributed by atoms with van der Waals surface area (Å²) in [6.07, 6.45) is -0.110. The number of rotatable bonds is 9. The number of hydrogen-bond acceptors (Lipinski definition) is 4. The van der Waals surface area contributed by atoms with Gasteiger partial charge in [-0.1, -0.05) is 58.0 Å². The average molecular weight is 416 g/mol. The predicted molar refractivity (Wildman–Crippen MR) is 120 cm³/mol. The van der Waals surface area contributed by atoms with Gasteiger partial charge in [0.15, 0.2) is 8.32 Å². The summed E-state index contributed by atoms with van der Waals surface area (Å²) in [5.41, 5.74) is 2.21. The molecular weight excluding hydrogens is 382 g/mol. The van der Waals surface area contributed by atoms with E-state index in [1.807, 2.05) is 18.2 Å². The summed E-state index contributed by atoms with van der Waals surface area (Å²) in [5, 5.41) is 11.0. The lowest BCUT2D eigenvalue weighted by molar-refractivity contribution is -0.384. The number of ether oxygens (including phenoxy) is 1. The molecule has 5 nitrogen and oxygen atoms in total. The van der Waals surface area contributed by atoms with Crippen molar-refractivity contribution in [1.82, 2.24) is 0 Å². The van der Waals surface area contributed by atoms with E-state index in [0.717, 1.165) is 5.56 Å². The molecule has 0 N–H and O–H groups in total. The van der Waals surface area contributed by atoms with Gasteiger partial charge in [-0.3, -0.25) is 10.1 Å². The van der Waals surface area contributed by atoms with Gasteiger partial charge >= 0.3 is 0 Å². The molecule has 2 aromatic rings. The smallest absolute Gasteiger partial charge is 0.269 e. The maximum absolute atomic E-state index is 10.8. The van der Waals surface area contributed by atoms with Crippen LogP contribution in [0.1, 0.15) is 44.7 Å². The fourth-order valence-electron chi connectivity index (χ4n) is 2.73. The zero-order valence-corrected chi connectivity index (χ0v) is 19.3. The molecule has 0 saturated carbocycles. The summed E-state index contributed by atoms with van der Waals surface area (Å²) in [4.78, 5) is 10.5. The van der Waals surface area contributed by atoms with Crippen LogP contribution >= 0.6 is 0 Å². The molecule has 2 aromatic carbocycles. The molecule has 0 radical (unpaired) electrons. The molecule has 6 heteroatoms. The highest BCUT2D eigenvalue weighted by molar-refractivity contribution is 6.74. The van der Waals surface area contributed by atoms with Gasteiger partial charge in [0.05, 0.1) is 24.2 Å². The highest BCUT2D eigenvalue weighted by atomic mass is 28.4. The van der Waals surface area contributed by atoms with Crippen LogP contribution in [0, 0.1) is 10.1 Å². The Kier molecular flexibility index (Phi) is 7.74. The first kappa shape index (κ1) is 23.3. The topological polar surface area (TPSA) is 61.6 Å². The molecule has 0 aliphatic heterocycles. The third kappa shape index (κ3) is 6.49. The fourth-order valence-corrected chi connectivity index (χ4v) is 3.75. The minimum Gasteiger partial charge on any atom is -0.414 e. The van der Waals surface area contributed by atoms with Crippen molar-refractivity contribution in [2.45, 2.75) is 64.5 Å². The summed E-state index contributed by atoms with van der Waals surface area (Å²) in [5.74, 6) is 0.166. The van der Waals surface area contributed by atoms with Crippen LogP contribution in [0.15, 0.2) is 54.6 Å². The van der Waals surface area contributed by atoms with Gasteiger partial charge in [0, 0.05) is 18.1 Å². The molecule has 0 aliphatic carbocycles. The van der Waals surface area contributed by atoms with Crippen LogP contribution < -0.4 is 0 Å². The Hall–Kier alpha value is -2.02. The molecule has 29 heavy (non-hydrogen) atoms. The Morgan fingerprint density at radius 3 is 2.14 bits per heavy atom.